The summed E-state index contributed by atoms with van der Waals surface area (Å²) in [5.41, 5.74) is 1.82. The van der Waals surface area contributed by atoms with Crippen molar-refractivity contribution in [3.8, 4) is 5.75 Å². The minimum Gasteiger partial charge on any atom is -0.495 e. The largest absolute Gasteiger partial charge is 0.495 e. The minimum atomic E-state index is -0.456. The van der Waals surface area contributed by atoms with Crippen LogP contribution >= 0.6 is 31.9 Å². The monoisotopic (exact) mass is 348 g/mol. The van der Waals surface area contributed by atoms with E-state index in [0.717, 1.165) is 25.8 Å². The molecular formula is C12H14Br2O2. The van der Waals surface area contributed by atoms with Gasteiger partial charge in [-0.3, -0.25) is 0 Å². The summed E-state index contributed by atoms with van der Waals surface area (Å²) < 4.78 is 7.16. The second kappa shape index (κ2) is 5.84. The van der Waals surface area contributed by atoms with Crippen molar-refractivity contribution in [1.82, 2.24) is 0 Å². The van der Waals surface area contributed by atoms with Crippen LogP contribution in [0.25, 0.3) is 6.08 Å². The Balaban J connectivity index is 3.27. The van der Waals surface area contributed by atoms with Crippen LogP contribution in [0.15, 0.2) is 26.7 Å². The van der Waals surface area contributed by atoms with Gasteiger partial charge >= 0.3 is 0 Å². The van der Waals surface area contributed by atoms with Crippen molar-refractivity contribution in [1.29, 1.82) is 0 Å². The molecule has 0 bridgehead atoms. The molecule has 0 aliphatic heterocycles. The predicted octanol–water partition coefficient (Wildman–Crippen LogP) is 4.00. The van der Waals surface area contributed by atoms with Gasteiger partial charge in [0.1, 0.15) is 5.75 Å². The number of methoxy groups -OCH3 is 1. The number of halogens is 2. The summed E-state index contributed by atoms with van der Waals surface area (Å²) in [6.45, 7) is 3.63. The number of hydrogen-bond acceptors (Lipinski definition) is 2. The van der Waals surface area contributed by atoms with Crippen molar-refractivity contribution in [3.63, 3.8) is 0 Å². The zero-order valence-electron chi connectivity index (χ0n) is 9.42. The van der Waals surface area contributed by atoms with Crippen LogP contribution in [0.3, 0.4) is 0 Å². The Hall–Kier alpha value is -0.320. The number of rotatable bonds is 3. The van der Waals surface area contributed by atoms with E-state index in [1.807, 2.05) is 25.1 Å². The van der Waals surface area contributed by atoms with Crippen molar-refractivity contribution in [2.75, 3.05) is 7.11 Å². The molecule has 0 saturated carbocycles. The van der Waals surface area contributed by atoms with Crippen molar-refractivity contribution in [2.24, 2.45) is 0 Å². The van der Waals surface area contributed by atoms with E-state index in [9.17, 15) is 5.11 Å². The van der Waals surface area contributed by atoms with E-state index in [-0.39, 0.29) is 0 Å². The topological polar surface area (TPSA) is 29.5 Å². The summed E-state index contributed by atoms with van der Waals surface area (Å²) in [5, 5.41) is 9.45. The zero-order valence-corrected chi connectivity index (χ0v) is 12.6. The van der Waals surface area contributed by atoms with Crippen molar-refractivity contribution in [2.45, 2.75) is 20.0 Å². The van der Waals surface area contributed by atoms with Gasteiger partial charge in [-0.1, -0.05) is 15.9 Å². The third-order valence-corrected chi connectivity index (χ3v) is 3.33. The van der Waals surface area contributed by atoms with Gasteiger partial charge in [-0.2, -0.15) is 0 Å². The second-order valence-corrected chi connectivity index (χ2v) is 5.34. The van der Waals surface area contributed by atoms with Crippen LogP contribution in [0.4, 0.5) is 0 Å². The van der Waals surface area contributed by atoms with E-state index in [0.29, 0.717) is 0 Å². The van der Waals surface area contributed by atoms with E-state index in [2.05, 4.69) is 31.9 Å². The highest BCUT2D eigenvalue weighted by Gasteiger charge is 2.08. The van der Waals surface area contributed by atoms with Gasteiger partial charge in [-0.05, 0) is 53.6 Å². The van der Waals surface area contributed by atoms with Gasteiger partial charge in [-0.25, -0.2) is 0 Å². The lowest BCUT2D eigenvalue weighted by Crippen LogP contribution is -2.00. The smallest absolute Gasteiger partial charge is 0.140 e. The third kappa shape index (κ3) is 3.34. The Labute approximate surface area is 113 Å². The van der Waals surface area contributed by atoms with Gasteiger partial charge in [0.05, 0.1) is 17.7 Å². The molecule has 1 aromatic carbocycles. The summed E-state index contributed by atoms with van der Waals surface area (Å²) in [4.78, 5) is 0. The molecule has 88 valence electrons. The highest BCUT2D eigenvalue weighted by molar-refractivity contribution is 9.11. The van der Waals surface area contributed by atoms with Gasteiger partial charge in [0, 0.05) is 10.0 Å². The summed E-state index contributed by atoms with van der Waals surface area (Å²) in [6.07, 6.45) is 1.46. The van der Waals surface area contributed by atoms with E-state index in [1.165, 1.54) is 0 Å². The molecule has 0 fully saturated rings. The van der Waals surface area contributed by atoms with Gasteiger partial charge in [0.15, 0.2) is 0 Å². The fourth-order valence-corrected chi connectivity index (χ4v) is 2.69. The molecule has 0 radical (unpaired) electrons. The second-order valence-electron chi connectivity index (χ2n) is 3.57. The molecule has 0 spiro atoms. The van der Waals surface area contributed by atoms with Gasteiger partial charge in [0.25, 0.3) is 0 Å². The summed E-state index contributed by atoms with van der Waals surface area (Å²) in [6, 6.07) is 3.88. The normalized spacial score (nSPS) is 13.8. The summed E-state index contributed by atoms with van der Waals surface area (Å²) in [5.74, 6) is 0.767. The first-order chi connectivity index (χ1) is 7.45. The van der Waals surface area contributed by atoms with Crippen molar-refractivity contribution >= 4 is 37.9 Å². The van der Waals surface area contributed by atoms with Crippen LogP contribution in [-0.2, 0) is 0 Å². The predicted molar refractivity (Wildman–Crippen MR) is 73.7 cm³/mol. The highest BCUT2D eigenvalue weighted by Crippen LogP contribution is 2.34. The third-order valence-electron chi connectivity index (χ3n) is 2.28. The molecule has 0 saturated heterocycles. The first kappa shape index (κ1) is 13.7. The van der Waals surface area contributed by atoms with E-state index in [1.54, 1.807) is 14.0 Å². The van der Waals surface area contributed by atoms with E-state index in [4.69, 9.17) is 4.74 Å². The maximum absolute atomic E-state index is 9.45. The Bertz CT molecular complexity index is 412. The fraction of sp³-hybridized carbons (Fsp3) is 0.333. The first-order valence-corrected chi connectivity index (χ1v) is 6.43. The highest BCUT2D eigenvalue weighted by atomic mass is 79.9. The Morgan fingerprint density at radius 1 is 1.44 bits per heavy atom. The van der Waals surface area contributed by atoms with Crippen LogP contribution in [0.2, 0.25) is 0 Å². The molecule has 2 nitrogen and oxygen atoms in total. The standard InChI is InChI=1S/C12H14Br2O2/c1-7(8(2)15)4-9-5-10(13)6-11(14)12(9)16-3/h4-6,8,15H,1-3H3/b7-4-. The van der Waals surface area contributed by atoms with Gasteiger partial charge < -0.3 is 9.84 Å². The lowest BCUT2D eigenvalue weighted by Gasteiger charge is -2.10. The number of hydrogen-bond donors (Lipinski definition) is 1. The van der Waals surface area contributed by atoms with E-state index < -0.39 is 6.10 Å². The maximum Gasteiger partial charge on any atom is 0.140 e. The molecular weight excluding hydrogens is 336 g/mol. The van der Waals surface area contributed by atoms with Crippen LogP contribution < -0.4 is 4.74 Å². The molecule has 4 heteroatoms. The molecule has 0 amide bonds. The molecule has 16 heavy (non-hydrogen) atoms. The van der Waals surface area contributed by atoms with Crippen LogP contribution in [0.5, 0.6) is 5.75 Å². The van der Waals surface area contributed by atoms with Crippen LogP contribution in [-0.4, -0.2) is 18.3 Å². The van der Waals surface area contributed by atoms with Crippen molar-refractivity contribution < 1.29 is 9.84 Å². The molecule has 1 atom stereocenters. The fourth-order valence-electron chi connectivity index (χ4n) is 1.27. The molecule has 0 aliphatic rings. The van der Waals surface area contributed by atoms with E-state index >= 15 is 0 Å². The summed E-state index contributed by atoms with van der Waals surface area (Å²) >= 11 is 6.86. The molecule has 1 rings (SSSR count). The zero-order chi connectivity index (χ0) is 12.3. The number of ether oxygens (including phenoxy) is 1. The Morgan fingerprint density at radius 3 is 2.56 bits per heavy atom. The lowest BCUT2D eigenvalue weighted by atomic mass is 10.1. The summed E-state index contributed by atoms with van der Waals surface area (Å²) in [7, 11) is 1.63. The average molecular weight is 350 g/mol. The lowest BCUT2D eigenvalue weighted by molar-refractivity contribution is 0.232. The quantitative estimate of drug-likeness (QED) is 0.893. The first-order valence-electron chi connectivity index (χ1n) is 4.85. The van der Waals surface area contributed by atoms with Gasteiger partial charge in [0.2, 0.25) is 0 Å². The molecule has 1 N–H and O–H groups in total. The van der Waals surface area contributed by atoms with Crippen LogP contribution in [0.1, 0.15) is 19.4 Å². The maximum atomic E-state index is 9.45. The van der Waals surface area contributed by atoms with Crippen molar-refractivity contribution in [3.05, 3.63) is 32.2 Å². The van der Waals surface area contributed by atoms with Gasteiger partial charge in [-0.15, -0.1) is 0 Å². The Morgan fingerprint density at radius 2 is 2.06 bits per heavy atom. The molecule has 0 aromatic heterocycles. The number of aliphatic hydroxyl groups is 1. The Kier molecular flexibility index (Phi) is 5.02. The minimum absolute atomic E-state index is 0.456. The SMILES string of the molecule is COc1c(Br)cc(Br)cc1/C=C(/C)C(C)O. The molecule has 0 aliphatic carbocycles. The average Bonchev–Trinajstić information content (AvgIpc) is 2.16. The molecule has 1 unspecified atom stereocenters. The molecule has 1 aromatic rings. The van der Waals surface area contributed by atoms with Crippen LogP contribution in [0, 0.1) is 0 Å². The number of benzene rings is 1. The molecule has 0 heterocycles. The number of aliphatic hydroxyl groups excluding tert-OH is 1.